The van der Waals surface area contributed by atoms with E-state index >= 15 is 0 Å². The van der Waals surface area contributed by atoms with Crippen molar-refractivity contribution >= 4 is 23.7 Å². The highest BCUT2D eigenvalue weighted by atomic mass is 35.5. The maximum absolute atomic E-state index is 13.4. The molecule has 0 fully saturated rings. The maximum Gasteiger partial charge on any atom is 0.408 e. The zero-order valence-electron chi connectivity index (χ0n) is 13.2. The van der Waals surface area contributed by atoms with Gasteiger partial charge in [0, 0.05) is 6.42 Å². The van der Waals surface area contributed by atoms with Gasteiger partial charge in [0.15, 0.2) is 11.6 Å². The van der Waals surface area contributed by atoms with Gasteiger partial charge in [-0.15, -0.1) is 0 Å². The van der Waals surface area contributed by atoms with Gasteiger partial charge < -0.3 is 14.8 Å². The van der Waals surface area contributed by atoms with Crippen LogP contribution in [-0.4, -0.2) is 30.8 Å². The Kier molecular flexibility index (Phi) is 6.32. The van der Waals surface area contributed by atoms with E-state index in [4.69, 9.17) is 16.3 Å². The van der Waals surface area contributed by atoms with Crippen LogP contribution in [0.2, 0.25) is 5.02 Å². The molecule has 128 valence electrons. The predicted molar refractivity (Wildman–Crippen MR) is 80.2 cm³/mol. The predicted octanol–water partition coefficient (Wildman–Crippen LogP) is 3.23. The molecule has 5 nitrogen and oxygen atoms in total. The Morgan fingerprint density at radius 1 is 1.30 bits per heavy atom. The third kappa shape index (κ3) is 6.02. The van der Waals surface area contributed by atoms with Gasteiger partial charge in [0.2, 0.25) is 0 Å². The number of amides is 1. The lowest BCUT2D eigenvalue weighted by Gasteiger charge is -2.22. The van der Waals surface area contributed by atoms with Gasteiger partial charge in [0.25, 0.3) is 0 Å². The highest BCUT2D eigenvalue weighted by Crippen LogP contribution is 2.21. The van der Waals surface area contributed by atoms with Gasteiger partial charge in [-0.1, -0.05) is 11.6 Å². The number of benzene rings is 1. The molecule has 1 rings (SSSR count). The third-order valence-corrected chi connectivity index (χ3v) is 2.94. The minimum absolute atomic E-state index is 0.136. The highest BCUT2D eigenvalue weighted by molar-refractivity contribution is 6.30. The average Bonchev–Trinajstić information content (AvgIpc) is 2.41. The lowest BCUT2D eigenvalue weighted by atomic mass is 10.1. The summed E-state index contributed by atoms with van der Waals surface area (Å²) < 4.78 is 36.2. The fourth-order valence-electron chi connectivity index (χ4n) is 1.75. The highest BCUT2D eigenvalue weighted by Gasteiger charge is 2.26. The minimum atomic E-state index is -1.18. The van der Waals surface area contributed by atoms with Gasteiger partial charge in [-0.3, -0.25) is 0 Å². The van der Waals surface area contributed by atoms with Crippen molar-refractivity contribution in [2.45, 2.75) is 38.8 Å². The fraction of sp³-hybridized carbons (Fsp3) is 0.467. The van der Waals surface area contributed by atoms with Crippen LogP contribution >= 0.6 is 11.6 Å². The van der Waals surface area contributed by atoms with Crippen LogP contribution in [0.3, 0.4) is 0 Å². The van der Waals surface area contributed by atoms with Crippen molar-refractivity contribution in [2.75, 3.05) is 7.11 Å². The van der Waals surface area contributed by atoms with Crippen molar-refractivity contribution in [3.05, 3.63) is 34.4 Å². The number of carbonyl (C=O) groups excluding carboxylic acids is 2. The number of hydrogen-bond donors (Lipinski definition) is 1. The summed E-state index contributed by atoms with van der Waals surface area (Å²) in [5.41, 5.74) is -0.531. The van der Waals surface area contributed by atoms with E-state index in [-0.39, 0.29) is 12.0 Å². The minimum Gasteiger partial charge on any atom is -0.467 e. The first kappa shape index (κ1) is 19.2. The topological polar surface area (TPSA) is 64.6 Å². The van der Waals surface area contributed by atoms with Gasteiger partial charge in [-0.2, -0.15) is 0 Å². The van der Waals surface area contributed by atoms with Gasteiger partial charge in [0.1, 0.15) is 11.6 Å². The third-order valence-electron chi connectivity index (χ3n) is 2.66. The zero-order chi connectivity index (χ0) is 17.8. The van der Waals surface area contributed by atoms with E-state index in [2.05, 4.69) is 10.1 Å². The van der Waals surface area contributed by atoms with E-state index in [1.54, 1.807) is 20.8 Å². The summed E-state index contributed by atoms with van der Waals surface area (Å²) in [4.78, 5) is 23.5. The molecule has 1 aromatic rings. The number of hydrogen-bond acceptors (Lipinski definition) is 4. The molecule has 0 saturated heterocycles. The Hall–Kier alpha value is -1.89. The zero-order valence-corrected chi connectivity index (χ0v) is 14.0. The second-order valence-electron chi connectivity index (χ2n) is 5.80. The van der Waals surface area contributed by atoms with E-state index in [0.717, 1.165) is 13.2 Å². The molecule has 0 aliphatic carbocycles. The lowest BCUT2D eigenvalue weighted by Crippen LogP contribution is -2.45. The van der Waals surface area contributed by atoms with E-state index in [9.17, 15) is 18.4 Å². The second kappa shape index (κ2) is 7.59. The number of rotatable bonds is 4. The van der Waals surface area contributed by atoms with Crippen molar-refractivity contribution in [2.24, 2.45) is 0 Å². The Morgan fingerprint density at radius 3 is 2.39 bits per heavy atom. The summed E-state index contributed by atoms with van der Waals surface area (Å²) in [7, 11) is 1.14. The number of methoxy groups -OCH3 is 1. The van der Waals surface area contributed by atoms with Gasteiger partial charge in [-0.05, 0) is 38.5 Å². The van der Waals surface area contributed by atoms with E-state index in [1.807, 2.05) is 0 Å². The van der Waals surface area contributed by atoms with Crippen LogP contribution in [0.5, 0.6) is 0 Å². The normalized spacial score (nSPS) is 12.5. The molecular weight excluding hydrogens is 332 g/mol. The molecule has 1 unspecified atom stereocenters. The lowest BCUT2D eigenvalue weighted by molar-refractivity contribution is -0.143. The molecule has 0 spiro atoms. The van der Waals surface area contributed by atoms with Gasteiger partial charge >= 0.3 is 12.1 Å². The number of carbonyl (C=O) groups is 2. The standard InChI is InChI=1S/C15H18ClF2NO4/c1-15(2,3)23-14(21)19-11(13(20)22-4)7-8-5-9(16)12(18)10(17)6-8/h5-6,11H,7H2,1-4H3,(H,19,21). The van der Waals surface area contributed by atoms with Crippen LogP contribution in [0.4, 0.5) is 13.6 Å². The van der Waals surface area contributed by atoms with Gasteiger partial charge in [-0.25, -0.2) is 18.4 Å². The summed E-state index contributed by atoms with van der Waals surface area (Å²) in [6.07, 6.45) is -0.968. The number of halogens is 3. The van der Waals surface area contributed by atoms with Crippen molar-refractivity contribution < 1.29 is 27.8 Å². The van der Waals surface area contributed by atoms with Crippen LogP contribution in [0.25, 0.3) is 0 Å². The summed E-state index contributed by atoms with van der Waals surface area (Å²) in [6, 6.07) is 0.941. The molecule has 1 atom stereocenters. The number of nitrogens with one attached hydrogen (secondary N) is 1. The molecule has 0 radical (unpaired) electrons. The summed E-state index contributed by atoms with van der Waals surface area (Å²) in [5, 5.41) is 1.92. The Balaban J connectivity index is 2.92. The molecule has 0 saturated carbocycles. The first-order valence-electron chi connectivity index (χ1n) is 6.74. The Bertz CT molecular complexity index is 579. The maximum atomic E-state index is 13.4. The van der Waals surface area contributed by atoms with Crippen LogP contribution < -0.4 is 5.32 Å². The van der Waals surface area contributed by atoms with Crippen molar-refractivity contribution in [1.82, 2.24) is 5.32 Å². The molecular formula is C15H18ClF2NO4. The SMILES string of the molecule is COC(=O)C(Cc1cc(F)c(F)c(Cl)c1)NC(=O)OC(C)(C)C. The molecule has 1 amide bonds. The molecule has 23 heavy (non-hydrogen) atoms. The van der Waals surface area contributed by atoms with Crippen LogP contribution in [0.1, 0.15) is 26.3 Å². The molecule has 0 bridgehead atoms. The summed E-state index contributed by atoms with van der Waals surface area (Å²) >= 11 is 5.57. The smallest absolute Gasteiger partial charge is 0.408 e. The van der Waals surface area contributed by atoms with Gasteiger partial charge in [0.05, 0.1) is 12.1 Å². The molecule has 0 aliphatic heterocycles. The number of ether oxygens (including phenoxy) is 2. The summed E-state index contributed by atoms with van der Waals surface area (Å²) in [6.45, 7) is 4.98. The monoisotopic (exact) mass is 349 g/mol. The quantitative estimate of drug-likeness (QED) is 0.669. The van der Waals surface area contributed by atoms with Crippen LogP contribution in [-0.2, 0) is 20.7 Å². The largest absolute Gasteiger partial charge is 0.467 e. The Morgan fingerprint density at radius 2 is 1.91 bits per heavy atom. The van der Waals surface area contributed by atoms with Crippen LogP contribution in [0, 0.1) is 11.6 Å². The summed E-state index contributed by atoms with van der Waals surface area (Å²) in [5.74, 6) is -3.07. The van der Waals surface area contributed by atoms with Crippen molar-refractivity contribution in [1.29, 1.82) is 0 Å². The molecule has 0 aromatic heterocycles. The van der Waals surface area contributed by atoms with E-state index in [0.29, 0.717) is 0 Å². The number of alkyl carbamates (subject to hydrolysis) is 1. The molecule has 0 heterocycles. The molecule has 1 aromatic carbocycles. The van der Waals surface area contributed by atoms with Crippen molar-refractivity contribution in [3.8, 4) is 0 Å². The Labute approximate surface area is 137 Å². The molecule has 1 N–H and O–H groups in total. The van der Waals surface area contributed by atoms with Crippen LogP contribution in [0.15, 0.2) is 12.1 Å². The fourth-order valence-corrected chi connectivity index (χ4v) is 1.98. The van der Waals surface area contributed by atoms with E-state index in [1.165, 1.54) is 6.07 Å². The average molecular weight is 350 g/mol. The molecule has 8 heteroatoms. The second-order valence-corrected chi connectivity index (χ2v) is 6.21. The van der Waals surface area contributed by atoms with Crippen molar-refractivity contribution in [3.63, 3.8) is 0 Å². The first-order chi connectivity index (χ1) is 10.5. The number of esters is 1. The first-order valence-corrected chi connectivity index (χ1v) is 7.12. The van der Waals surface area contributed by atoms with E-state index < -0.39 is 40.4 Å². The molecule has 0 aliphatic rings.